The molecule has 0 amide bonds. The number of carbonyl (C=O) groups is 1. The fourth-order valence-electron chi connectivity index (χ4n) is 2.26. The molecule has 0 atom stereocenters. The van der Waals surface area contributed by atoms with E-state index in [4.69, 9.17) is 25.9 Å². The lowest BCUT2D eigenvalue weighted by Crippen LogP contribution is -2.36. The van der Waals surface area contributed by atoms with Gasteiger partial charge in [0.25, 0.3) is 0 Å². The normalized spacial score (nSPS) is 16.5. The van der Waals surface area contributed by atoms with Crippen molar-refractivity contribution < 1.29 is 19.1 Å². The molecule has 2 rings (SSSR count). The molecule has 0 unspecified atom stereocenters. The number of alkyl halides is 1. The number of rotatable bonds is 5. The Labute approximate surface area is 116 Å². The summed E-state index contributed by atoms with van der Waals surface area (Å²) < 4.78 is 11.0. The molecule has 6 heteroatoms. The van der Waals surface area contributed by atoms with Crippen molar-refractivity contribution in [3.05, 3.63) is 29.3 Å². The van der Waals surface area contributed by atoms with E-state index in [1.54, 1.807) is 44.6 Å². The van der Waals surface area contributed by atoms with E-state index in [1.807, 2.05) is 0 Å². The van der Waals surface area contributed by atoms with E-state index >= 15 is 0 Å². The molecule has 0 saturated heterocycles. The molecule has 0 N–H and O–H groups in total. The Bertz CT molecular complexity index is 488. The van der Waals surface area contributed by atoms with Gasteiger partial charge in [0.15, 0.2) is 5.78 Å². The van der Waals surface area contributed by atoms with E-state index in [-0.39, 0.29) is 11.7 Å². The van der Waals surface area contributed by atoms with Crippen molar-refractivity contribution in [2.45, 2.75) is 5.79 Å². The van der Waals surface area contributed by atoms with Crippen molar-refractivity contribution in [1.29, 1.82) is 0 Å². The average Bonchev–Trinajstić information content (AvgIpc) is 2.80. The second-order valence-corrected chi connectivity index (χ2v) is 4.44. The van der Waals surface area contributed by atoms with Crippen LogP contribution in [0.3, 0.4) is 0 Å². The summed E-state index contributed by atoms with van der Waals surface area (Å²) in [6, 6.07) is 5.27. The zero-order chi connectivity index (χ0) is 14.0. The second-order valence-electron chi connectivity index (χ2n) is 4.17. The molecule has 0 aliphatic carbocycles. The largest absolute Gasteiger partial charge is 0.348 e. The zero-order valence-corrected chi connectivity index (χ0v) is 11.9. The van der Waals surface area contributed by atoms with Gasteiger partial charge in [-0.25, -0.2) is 5.06 Å². The summed E-state index contributed by atoms with van der Waals surface area (Å²) in [5, 5.41) is 1.66. The average molecular weight is 286 g/mol. The van der Waals surface area contributed by atoms with Gasteiger partial charge in [-0.15, -0.1) is 11.6 Å². The van der Waals surface area contributed by atoms with Gasteiger partial charge in [0.05, 0.1) is 18.7 Å². The van der Waals surface area contributed by atoms with E-state index in [1.165, 1.54) is 0 Å². The summed E-state index contributed by atoms with van der Waals surface area (Å²) in [6.07, 6.45) is 0. The molecule has 1 aromatic rings. The van der Waals surface area contributed by atoms with Gasteiger partial charge in [0.1, 0.15) is 6.54 Å². The van der Waals surface area contributed by atoms with Gasteiger partial charge in [-0.05, 0) is 18.2 Å². The number of hydrogen-bond acceptors (Lipinski definition) is 5. The third kappa shape index (κ3) is 2.23. The molecular formula is C13H16ClNO4. The van der Waals surface area contributed by atoms with Crippen molar-refractivity contribution in [2.75, 3.05) is 38.8 Å². The molecule has 1 heterocycles. The molecule has 0 bridgehead atoms. The number of hydrogen-bond donors (Lipinski definition) is 0. The van der Waals surface area contributed by atoms with Crippen molar-refractivity contribution in [3.8, 4) is 0 Å². The highest BCUT2D eigenvalue weighted by Gasteiger charge is 2.44. The van der Waals surface area contributed by atoms with Crippen molar-refractivity contribution in [2.24, 2.45) is 0 Å². The summed E-state index contributed by atoms with van der Waals surface area (Å²) in [5.41, 5.74) is 2.11. The molecule has 1 aromatic carbocycles. The Morgan fingerprint density at radius 2 is 2.05 bits per heavy atom. The first-order valence-electron chi connectivity index (χ1n) is 5.77. The molecule has 104 valence electrons. The van der Waals surface area contributed by atoms with Gasteiger partial charge < -0.3 is 9.47 Å². The summed E-state index contributed by atoms with van der Waals surface area (Å²) in [7, 11) is 4.69. The van der Waals surface area contributed by atoms with Crippen LogP contribution in [0, 0.1) is 0 Å². The lowest BCUT2D eigenvalue weighted by molar-refractivity contribution is -0.207. The monoisotopic (exact) mass is 285 g/mol. The van der Waals surface area contributed by atoms with E-state index in [9.17, 15) is 4.79 Å². The topological polar surface area (TPSA) is 48.0 Å². The predicted octanol–water partition coefficient (Wildman–Crippen LogP) is 1.94. The Balaban J connectivity index is 2.53. The van der Waals surface area contributed by atoms with Crippen LogP contribution >= 0.6 is 11.6 Å². The van der Waals surface area contributed by atoms with Gasteiger partial charge in [-0.1, -0.05) is 0 Å². The fourth-order valence-corrected chi connectivity index (χ4v) is 2.42. The third-order valence-corrected chi connectivity index (χ3v) is 3.59. The molecule has 0 fully saturated rings. The van der Waals surface area contributed by atoms with E-state index in [0.29, 0.717) is 12.1 Å². The first kappa shape index (κ1) is 14.3. The summed E-state index contributed by atoms with van der Waals surface area (Å²) >= 11 is 5.59. The number of ether oxygens (including phenoxy) is 2. The number of methoxy groups -OCH3 is 2. The number of halogens is 1. The molecule has 0 aromatic heterocycles. The molecule has 1 aliphatic rings. The van der Waals surface area contributed by atoms with Crippen LogP contribution in [-0.2, 0) is 20.1 Å². The molecule has 1 aliphatic heterocycles. The highest BCUT2D eigenvalue weighted by Crippen LogP contribution is 2.42. The first-order valence-corrected chi connectivity index (χ1v) is 6.31. The number of anilines is 1. The molecule has 0 saturated carbocycles. The minimum Gasteiger partial charge on any atom is -0.348 e. The number of hydroxylamine groups is 1. The maximum absolute atomic E-state index is 11.7. The van der Waals surface area contributed by atoms with Crippen LogP contribution in [0.25, 0.3) is 0 Å². The smallest absolute Gasteiger partial charge is 0.217 e. The Morgan fingerprint density at radius 1 is 1.37 bits per heavy atom. The van der Waals surface area contributed by atoms with Gasteiger partial charge in [0.2, 0.25) is 5.79 Å². The predicted molar refractivity (Wildman–Crippen MR) is 71.5 cm³/mol. The van der Waals surface area contributed by atoms with Gasteiger partial charge in [-0.3, -0.25) is 9.63 Å². The van der Waals surface area contributed by atoms with Crippen LogP contribution in [0.2, 0.25) is 0 Å². The van der Waals surface area contributed by atoms with Crippen molar-refractivity contribution in [1.82, 2.24) is 0 Å². The van der Waals surface area contributed by atoms with Crippen LogP contribution in [-0.4, -0.2) is 39.5 Å². The first-order chi connectivity index (χ1) is 9.11. The van der Waals surface area contributed by atoms with Crippen molar-refractivity contribution >= 4 is 23.1 Å². The van der Waals surface area contributed by atoms with Crippen LogP contribution in [0.15, 0.2) is 18.2 Å². The van der Waals surface area contributed by atoms with Crippen LogP contribution in [0.1, 0.15) is 15.9 Å². The molecule has 5 nitrogen and oxygen atoms in total. The van der Waals surface area contributed by atoms with Crippen molar-refractivity contribution in [3.63, 3.8) is 0 Å². The van der Waals surface area contributed by atoms with Gasteiger partial charge in [-0.2, -0.15) is 0 Å². The van der Waals surface area contributed by atoms with E-state index in [2.05, 4.69) is 0 Å². The van der Waals surface area contributed by atoms with E-state index in [0.717, 1.165) is 11.3 Å². The maximum atomic E-state index is 11.7. The number of Topliss-reactive ketones (excluding diaryl/α,β-unsaturated/α-hetero) is 1. The Hall–Kier alpha value is -1.14. The lowest BCUT2D eigenvalue weighted by atomic mass is 10.0. The fraction of sp³-hybridized carbons (Fsp3) is 0.462. The minimum atomic E-state index is -0.937. The second kappa shape index (κ2) is 5.46. The van der Waals surface area contributed by atoms with Crippen LogP contribution in [0.4, 0.5) is 5.69 Å². The highest BCUT2D eigenvalue weighted by molar-refractivity contribution is 6.30. The quantitative estimate of drug-likeness (QED) is 0.470. The SMILES string of the molecule is CON1CC(OC)(OC)c2cc(C(=O)CCl)ccc21. The Kier molecular flexibility index (Phi) is 4.10. The standard InChI is InChI=1S/C13H16ClNO4/c1-17-13(18-2)8-15(19-3)11-5-4-9(6-10(11)13)12(16)7-14/h4-6H,7-8H2,1-3H3. The minimum absolute atomic E-state index is 0.0558. The number of nitrogens with zero attached hydrogens (tertiary/aromatic N) is 1. The third-order valence-electron chi connectivity index (χ3n) is 3.35. The van der Waals surface area contributed by atoms with Crippen LogP contribution < -0.4 is 5.06 Å². The number of ketones is 1. The van der Waals surface area contributed by atoms with Gasteiger partial charge in [0, 0.05) is 25.3 Å². The zero-order valence-electron chi connectivity index (χ0n) is 11.1. The highest BCUT2D eigenvalue weighted by atomic mass is 35.5. The molecule has 0 spiro atoms. The molecule has 0 radical (unpaired) electrons. The van der Waals surface area contributed by atoms with E-state index < -0.39 is 5.79 Å². The number of carbonyl (C=O) groups excluding carboxylic acids is 1. The maximum Gasteiger partial charge on any atom is 0.217 e. The van der Waals surface area contributed by atoms with Gasteiger partial charge >= 0.3 is 0 Å². The Morgan fingerprint density at radius 3 is 2.58 bits per heavy atom. The molecular weight excluding hydrogens is 270 g/mol. The molecule has 19 heavy (non-hydrogen) atoms. The summed E-state index contributed by atoms with van der Waals surface area (Å²) in [6.45, 7) is 0.393. The number of benzene rings is 1. The number of fused-ring (bicyclic) bond motifs is 1. The summed E-state index contributed by atoms with van der Waals surface area (Å²) in [4.78, 5) is 17.0. The van der Waals surface area contributed by atoms with Crippen LogP contribution in [0.5, 0.6) is 0 Å². The summed E-state index contributed by atoms with van der Waals surface area (Å²) in [5.74, 6) is -1.13. The lowest BCUT2D eigenvalue weighted by Gasteiger charge is -2.26.